The molecule has 1 aromatic heterocycles. The summed E-state index contributed by atoms with van der Waals surface area (Å²) < 4.78 is 11.4. The van der Waals surface area contributed by atoms with Crippen LogP contribution < -0.4 is 9.47 Å². The first kappa shape index (κ1) is 13.0. The van der Waals surface area contributed by atoms with Crippen molar-refractivity contribution in [3.05, 3.63) is 46.7 Å². The largest absolute Gasteiger partial charge is 0.493 e. The van der Waals surface area contributed by atoms with E-state index in [1.165, 1.54) is 5.56 Å². The number of rotatable bonds is 6. The van der Waals surface area contributed by atoms with Crippen molar-refractivity contribution in [2.75, 3.05) is 6.61 Å². The molecule has 2 rings (SSSR count). The van der Waals surface area contributed by atoms with Gasteiger partial charge in [-0.2, -0.15) is 11.3 Å². The Balaban J connectivity index is 1.85. The minimum Gasteiger partial charge on any atom is -0.493 e. The first-order valence-electron chi connectivity index (χ1n) is 6.14. The highest BCUT2D eigenvalue weighted by molar-refractivity contribution is 7.07. The number of hydrogen-bond donors (Lipinski definition) is 0. The molecule has 0 aliphatic carbocycles. The van der Waals surface area contributed by atoms with Crippen molar-refractivity contribution in [2.45, 2.75) is 26.4 Å². The molecule has 0 fully saturated rings. The summed E-state index contributed by atoms with van der Waals surface area (Å²) in [7, 11) is 0. The van der Waals surface area contributed by atoms with Crippen LogP contribution in [0.15, 0.2) is 41.1 Å². The van der Waals surface area contributed by atoms with E-state index < -0.39 is 0 Å². The molecule has 0 amide bonds. The van der Waals surface area contributed by atoms with Crippen LogP contribution >= 0.6 is 11.3 Å². The van der Waals surface area contributed by atoms with Gasteiger partial charge in [0.25, 0.3) is 0 Å². The Bertz CT molecular complexity index is 463. The van der Waals surface area contributed by atoms with E-state index in [4.69, 9.17) is 9.47 Å². The maximum atomic E-state index is 5.73. The minimum atomic E-state index is 0.186. The van der Waals surface area contributed by atoms with E-state index >= 15 is 0 Å². The van der Waals surface area contributed by atoms with Crippen LogP contribution in [0.2, 0.25) is 0 Å². The Labute approximate surface area is 112 Å². The molecule has 18 heavy (non-hydrogen) atoms. The van der Waals surface area contributed by atoms with Gasteiger partial charge in [-0.15, -0.1) is 0 Å². The number of thiophene rings is 1. The summed E-state index contributed by atoms with van der Waals surface area (Å²) >= 11 is 1.72. The third kappa shape index (κ3) is 4.08. The SMILES string of the molecule is CC(C)Oc1cccc(OCCc2ccsc2)c1. The molecule has 1 heterocycles. The topological polar surface area (TPSA) is 18.5 Å². The smallest absolute Gasteiger partial charge is 0.123 e. The van der Waals surface area contributed by atoms with Gasteiger partial charge in [0.2, 0.25) is 0 Å². The number of hydrogen-bond acceptors (Lipinski definition) is 3. The van der Waals surface area contributed by atoms with E-state index in [-0.39, 0.29) is 6.10 Å². The van der Waals surface area contributed by atoms with Crippen LogP contribution in [0.25, 0.3) is 0 Å². The Hall–Kier alpha value is -1.48. The number of ether oxygens (including phenoxy) is 2. The molecule has 0 unspecified atom stereocenters. The van der Waals surface area contributed by atoms with Gasteiger partial charge in [0.05, 0.1) is 12.7 Å². The van der Waals surface area contributed by atoms with Crippen molar-refractivity contribution in [3.63, 3.8) is 0 Å². The molecule has 0 bridgehead atoms. The van der Waals surface area contributed by atoms with Gasteiger partial charge < -0.3 is 9.47 Å². The predicted molar refractivity (Wildman–Crippen MR) is 75.7 cm³/mol. The zero-order valence-electron chi connectivity index (χ0n) is 10.8. The molecule has 0 N–H and O–H groups in total. The Morgan fingerprint density at radius 2 is 2.00 bits per heavy atom. The monoisotopic (exact) mass is 262 g/mol. The van der Waals surface area contributed by atoms with Crippen molar-refractivity contribution in [1.82, 2.24) is 0 Å². The van der Waals surface area contributed by atoms with Gasteiger partial charge in [-0.05, 0) is 48.4 Å². The van der Waals surface area contributed by atoms with Gasteiger partial charge in [-0.1, -0.05) is 6.07 Å². The van der Waals surface area contributed by atoms with Crippen LogP contribution in [0.4, 0.5) is 0 Å². The van der Waals surface area contributed by atoms with E-state index in [1.807, 2.05) is 38.1 Å². The second-order valence-electron chi connectivity index (χ2n) is 4.37. The predicted octanol–water partition coefficient (Wildman–Crippen LogP) is 4.16. The van der Waals surface area contributed by atoms with Gasteiger partial charge >= 0.3 is 0 Å². The average molecular weight is 262 g/mol. The van der Waals surface area contributed by atoms with Crippen LogP contribution in [-0.2, 0) is 6.42 Å². The highest BCUT2D eigenvalue weighted by Crippen LogP contribution is 2.20. The Morgan fingerprint density at radius 3 is 2.72 bits per heavy atom. The maximum absolute atomic E-state index is 5.73. The van der Waals surface area contributed by atoms with E-state index in [0.29, 0.717) is 6.61 Å². The molecule has 0 aliphatic rings. The quantitative estimate of drug-likeness (QED) is 0.778. The molecular weight excluding hydrogens is 244 g/mol. The molecule has 2 nitrogen and oxygen atoms in total. The zero-order valence-corrected chi connectivity index (χ0v) is 11.6. The molecular formula is C15H18O2S. The van der Waals surface area contributed by atoms with Gasteiger partial charge in [-0.3, -0.25) is 0 Å². The fraction of sp³-hybridized carbons (Fsp3) is 0.333. The van der Waals surface area contributed by atoms with Crippen molar-refractivity contribution in [3.8, 4) is 11.5 Å². The van der Waals surface area contributed by atoms with Crippen molar-refractivity contribution >= 4 is 11.3 Å². The van der Waals surface area contributed by atoms with Crippen molar-refractivity contribution < 1.29 is 9.47 Å². The van der Waals surface area contributed by atoms with Crippen LogP contribution in [0.5, 0.6) is 11.5 Å². The lowest BCUT2D eigenvalue weighted by molar-refractivity contribution is 0.240. The summed E-state index contributed by atoms with van der Waals surface area (Å²) in [6, 6.07) is 9.93. The van der Waals surface area contributed by atoms with Crippen LogP contribution in [-0.4, -0.2) is 12.7 Å². The molecule has 0 saturated heterocycles. The summed E-state index contributed by atoms with van der Waals surface area (Å²) in [4.78, 5) is 0. The zero-order chi connectivity index (χ0) is 12.8. The summed E-state index contributed by atoms with van der Waals surface area (Å²) in [5, 5.41) is 4.24. The van der Waals surface area contributed by atoms with Crippen LogP contribution in [0, 0.1) is 0 Å². The standard InChI is InChI=1S/C15H18O2S/c1-12(2)17-15-5-3-4-14(10-15)16-8-6-13-7-9-18-11-13/h3-5,7,9-12H,6,8H2,1-2H3. The van der Waals surface area contributed by atoms with E-state index in [2.05, 4.69) is 16.8 Å². The third-order valence-corrected chi connectivity index (χ3v) is 3.15. The van der Waals surface area contributed by atoms with Crippen molar-refractivity contribution in [1.29, 1.82) is 0 Å². The summed E-state index contributed by atoms with van der Waals surface area (Å²) in [5.41, 5.74) is 1.33. The summed E-state index contributed by atoms with van der Waals surface area (Å²) in [6.07, 6.45) is 1.13. The Morgan fingerprint density at radius 1 is 1.17 bits per heavy atom. The number of benzene rings is 1. The van der Waals surface area contributed by atoms with Gasteiger partial charge in [-0.25, -0.2) is 0 Å². The molecule has 2 aromatic rings. The van der Waals surface area contributed by atoms with Crippen LogP contribution in [0.3, 0.4) is 0 Å². The second-order valence-corrected chi connectivity index (χ2v) is 5.15. The minimum absolute atomic E-state index is 0.186. The molecule has 0 spiro atoms. The molecule has 0 atom stereocenters. The van der Waals surface area contributed by atoms with Crippen LogP contribution in [0.1, 0.15) is 19.4 Å². The lowest BCUT2D eigenvalue weighted by atomic mass is 10.2. The van der Waals surface area contributed by atoms with Gasteiger partial charge in [0.1, 0.15) is 11.5 Å². The van der Waals surface area contributed by atoms with E-state index in [9.17, 15) is 0 Å². The normalized spacial score (nSPS) is 10.6. The fourth-order valence-electron chi connectivity index (χ4n) is 1.63. The summed E-state index contributed by atoms with van der Waals surface area (Å²) in [5.74, 6) is 1.72. The molecule has 0 radical (unpaired) electrons. The van der Waals surface area contributed by atoms with Crippen molar-refractivity contribution in [2.24, 2.45) is 0 Å². The lowest BCUT2D eigenvalue weighted by Gasteiger charge is -2.11. The third-order valence-electron chi connectivity index (χ3n) is 2.42. The summed E-state index contributed by atoms with van der Waals surface area (Å²) in [6.45, 7) is 4.73. The lowest BCUT2D eigenvalue weighted by Crippen LogP contribution is -2.06. The first-order valence-corrected chi connectivity index (χ1v) is 7.09. The molecule has 0 saturated carbocycles. The maximum Gasteiger partial charge on any atom is 0.123 e. The fourth-order valence-corrected chi connectivity index (χ4v) is 2.33. The Kier molecular flexibility index (Phi) is 4.65. The van der Waals surface area contributed by atoms with Gasteiger partial charge in [0.15, 0.2) is 0 Å². The average Bonchev–Trinajstić information content (AvgIpc) is 2.82. The highest BCUT2D eigenvalue weighted by Gasteiger charge is 2.00. The molecule has 0 aliphatic heterocycles. The van der Waals surface area contributed by atoms with E-state index in [0.717, 1.165) is 17.9 Å². The molecule has 1 aromatic carbocycles. The highest BCUT2D eigenvalue weighted by atomic mass is 32.1. The molecule has 3 heteroatoms. The molecule has 96 valence electrons. The second kappa shape index (κ2) is 6.45. The van der Waals surface area contributed by atoms with Gasteiger partial charge in [0, 0.05) is 12.5 Å². The van der Waals surface area contributed by atoms with E-state index in [1.54, 1.807) is 11.3 Å². The first-order chi connectivity index (χ1) is 8.74.